The Morgan fingerprint density at radius 1 is 1.24 bits per heavy atom. The number of hydrogen-bond acceptors (Lipinski definition) is 7. The average molecular weight is 471 g/mol. The number of carbonyl (C=O) groups excluding carboxylic acids is 1. The van der Waals surface area contributed by atoms with E-state index in [9.17, 15) is 13.2 Å². The summed E-state index contributed by atoms with van der Waals surface area (Å²) in [6, 6.07) is 14.0. The van der Waals surface area contributed by atoms with Crippen LogP contribution in [0.3, 0.4) is 0 Å². The zero-order valence-corrected chi connectivity index (χ0v) is 19.3. The predicted molar refractivity (Wildman–Crippen MR) is 121 cm³/mol. The van der Waals surface area contributed by atoms with Crippen LogP contribution in [0, 0.1) is 12.8 Å². The number of nitrogens with zero attached hydrogens (tertiary/aromatic N) is 3. The summed E-state index contributed by atoms with van der Waals surface area (Å²) in [6.45, 7) is 2.51. The summed E-state index contributed by atoms with van der Waals surface area (Å²) in [6.07, 6.45) is 1.23. The molecule has 0 saturated carbocycles. The van der Waals surface area contributed by atoms with Crippen molar-refractivity contribution in [3.05, 3.63) is 60.0 Å². The van der Waals surface area contributed by atoms with Crippen LogP contribution in [0.5, 0.6) is 5.75 Å². The van der Waals surface area contributed by atoms with Gasteiger partial charge in [0.1, 0.15) is 5.75 Å². The van der Waals surface area contributed by atoms with Gasteiger partial charge in [-0.15, -0.1) is 0 Å². The number of carbonyl (C=O) groups is 1. The lowest BCUT2D eigenvalue weighted by Crippen LogP contribution is -2.45. The molecule has 9 nitrogen and oxygen atoms in total. The molecule has 174 valence electrons. The minimum atomic E-state index is -3.64. The first-order valence-electron chi connectivity index (χ1n) is 10.7. The van der Waals surface area contributed by atoms with E-state index < -0.39 is 15.9 Å². The summed E-state index contributed by atoms with van der Waals surface area (Å²) in [5.41, 5.74) is 1.72. The first-order valence-corrected chi connectivity index (χ1v) is 12.1. The fourth-order valence-electron chi connectivity index (χ4n) is 3.75. The third-order valence-electron chi connectivity index (χ3n) is 5.62. The number of nitrogens with one attached hydrogen (secondary N) is 1. The van der Waals surface area contributed by atoms with Crippen molar-refractivity contribution in [3.8, 4) is 17.1 Å². The van der Waals surface area contributed by atoms with Gasteiger partial charge in [-0.3, -0.25) is 4.79 Å². The minimum absolute atomic E-state index is 0.0665. The van der Waals surface area contributed by atoms with Crippen molar-refractivity contribution >= 4 is 15.9 Å². The number of aryl methyl sites for hydroxylation is 1. The summed E-state index contributed by atoms with van der Waals surface area (Å²) < 4.78 is 37.8. The molecule has 1 aliphatic heterocycles. The van der Waals surface area contributed by atoms with Gasteiger partial charge in [0.2, 0.25) is 27.6 Å². The Labute approximate surface area is 192 Å². The molecule has 33 heavy (non-hydrogen) atoms. The number of benzene rings is 2. The lowest BCUT2D eigenvalue weighted by molar-refractivity contribution is -0.126. The Hall–Kier alpha value is -3.24. The molecule has 0 radical (unpaired) electrons. The van der Waals surface area contributed by atoms with E-state index in [1.807, 2.05) is 25.1 Å². The third kappa shape index (κ3) is 5.23. The highest BCUT2D eigenvalue weighted by Gasteiger charge is 2.33. The molecule has 1 amide bonds. The van der Waals surface area contributed by atoms with Crippen molar-refractivity contribution in [2.24, 2.45) is 5.92 Å². The maximum Gasteiger partial charge on any atom is 0.246 e. The van der Waals surface area contributed by atoms with Crippen molar-refractivity contribution in [1.29, 1.82) is 0 Å². The van der Waals surface area contributed by atoms with E-state index in [2.05, 4.69) is 15.5 Å². The molecule has 1 atom stereocenters. The van der Waals surface area contributed by atoms with E-state index in [0.29, 0.717) is 31.0 Å². The maximum absolute atomic E-state index is 13.0. The van der Waals surface area contributed by atoms with Crippen LogP contribution < -0.4 is 10.1 Å². The molecule has 0 aliphatic carbocycles. The van der Waals surface area contributed by atoms with Gasteiger partial charge in [-0.2, -0.15) is 9.29 Å². The van der Waals surface area contributed by atoms with Crippen molar-refractivity contribution < 1.29 is 22.5 Å². The Balaban J connectivity index is 1.37. The number of rotatable bonds is 7. The minimum Gasteiger partial charge on any atom is -0.497 e. The first kappa shape index (κ1) is 22.9. The van der Waals surface area contributed by atoms with Gasteiger partial charge in [0, 0.05) is 18.7 Å². The van der Waals surface area contributed by atoms with Gasteiger partial charge in [0.15, 0.2) is 0 Å². The van der Waals surface area contributed by atoms with E-state index >= 15 is 0 Å². The van der Waals surface area contributed by atoms with Crippen molar-refractivity contribution in [2.75, 3.05) is 20.2 Å². The number of hydrogen-bond donors (Lipinski definition) is 1. The van der Waals surface area contributed by atoms with Crippen LogP contribution in [0.4, 0.5) is 0 Å². The van der Waals surface area contributed by atoms with Crippen LogP contribution in [0.15, 0.2) is 57.9 Å². The number of piperidine rings is 1. The van der Waals surface area contributed by atoms with E-state index in [4.69, 9.17) is 9.26 Å². The SMILES string of the molecule is COc1cccc(-c2noc(CNC(=O)[C@H]3CCCN(S(=O)(=O)c4ccc(C)cc4)C3)n2)c1. The number of sulfonamides is 1. The van der Waals surface area contributed by atoms with Crippen LogP contribution in [0.1, 0.15) is 24.3 Å². The van der Waals surface area contributed by atoms with Crippen LogP contribution in [-0.2, 0) is 21.4 Å². The molecule has 4 rings (SSSR count). The molecule has 1 saturated heterocycles. The highest BCUT2D eigenvalue weighted by atomic mass is 32.2. The summed E-state index contributed by atoms with van der Waals surface area (Å²) in [7, 11) is -2.07. The van der Waals surface area contributed by atoms with Crippen molar-refractivity contribution in [1.82, 2.24) is 19.8 Å². The molecule has 2 aromatic carbocycles. The predicted octanol–water partition coefficient (Wildman–Crippen LogP) is 2.77. The largest absolute Gasteiger partial charge is 0.497 e. The maximum atomic E-state index is 13.0. The molecule has 1 aliphatic rings. The number of ether oxygens (including phenoxy) is 1. The number of amides is 1. The summed E-state index contributed by atoms with van der Waals surface area (Å²) in [4.78, 5) is 17.3. The lowest BCUT2D eigenvalue weighted by atomic mass is 9.99. The van der Waals surface area contributed by atoms with Crippen LogP contribution >= 0.6 is 0 Å². The summed E-state index contributed by atoms with van der Waals surface area (Å²) in [5.74, 6) is 0.654. The fourth-order valence-corrected chi connectivity index (χ4v) is 5.27. The average Bonchev–Trinajstić information content (AvgIpc) is 3.32. The second kappa shape index (κ2) is 9.72. The van der Waals surface area contributed by atoms with Gasteiger partial charge >= 0.3 is 0 Å². The zero-order valence-electron chi connectivity index (χ0n) is 18.5. The third-order valence-corrected chi connectivity index (χ3v) is 7.50. The Morgan fingerprint density at radius 3 is 2.79 bits per heavy atom. The Morgan fingerprint density at radius 2 is 2.03 bits per heavy atom. The Bertz CT molecular complexity index is 1220. The molecule has 10 heteroatoms. The van der Waals surface area contributed by atoms with Gasteiger partial charge in [0.25, 0.3) is 0 Å². The monoisotopic (exact) mass is 470 g/mol. The van der Waals surface area contributed by atoms with E-state index in [1.54, 1.807) is 37.4 Å². The molecule has 0 spiro atoms. The normalized spacial score (nSPS) is 17.0. The molecule has 1 aromatic heterocycles. The molecule has 3 aromatic rings. The van der Waals surface area contributed by atoms with Crippen LogP contribution in [-0.4, -0.2) is 49.0 Å². The molecule has 1 N–H and O–H groups in total. The molecular weight excluding hydrogens is 444 g/mol. The Kier molecular flexibility index (Phi) is 6.75. The standard InChI is InChI=1S/C23H26N4O5S/c1-16-8-10-20(11-9-16)33(29,30)27-12-4-6-18(15-27)23(28)24-14-21-25-22(26-32-21)17-5-3-7-19(13-17)31-2/h3,5,7-11,13,18H,4,6,12,14-15H2,1-2H3,(H,24,28)/t18-/m0/s1. The topological polar surface area (TPSA) is 115 Å². The second-order valence-electron chi connectivity index (χ2n) is 7.98. The zero-order chi connectivity index (χ0) is 23.4. The lowest BCUT2D eigenvalue weighted by Gasteiger charge is -2.31. The smallest absolute Gasteiger partial charge is 0.246 e. The highest BCUT2D eigenvalue weighted by Crippen LogP contribution is 2.25. The van der Waals surface area contributed by atoms with Crippen LogP contribution in [0.2, 0.25) is 0 Å². The summed E-state index contributed by atoms with van der Waals surface area (Å²) in [5, 5.41) is 6.75. The molecule has 0 bridgehead atoms. The fraction of sp³-hybridized carbons (Fsp3) is 0.348. The number of methoxy groups -OCH3 is 1. The van der Waals surface area contributed by atoms with Crippen molar-refractivity contribution in [2.45, 2.75) is 31.2 Å². The molecule has 0 unspecified atom stereocenters. The highest BCUT2D eigenvalue weighted by molar-refractivity contribution is 7.89. The molecule has 1 fully saturated rings. The summed E-state index contributed by atoms with van der Waals surface area (Å²) >= 11 is 0. The van der Waals surface area contributed by atoms with Gasteiger partial charge < -0.3 is 14.6 Å². The van der Waals surface area contributed by atoms with Gasteiger partial charge in [-0.1, -0.05) is 35.0 Å². The second-order valence-corrected chi connectivity index (χ2v) is 9.91. The van der Waals surface area contributed by atoms with Gasteiger partial charge in [-0.25, -0.2) is 8.42 Å². The van der Waals surface area contributed by atoms with E-state index in [1.165, 1.54) is 4.31 Å². The van der Waals surface area contributed by atoms with E-state index in [0.717, 1.165) is 11.1 Å². The molecular formula is C23H26N4O5S. The van der Waals surface area contributed by atoms with Gasteiger partial charge in [0.05, 0.1) is 24.5 Å². The quantitative estimate of drug-likeness (QED) is 0.565. The van der Waals surface area contributed by atoms with Gasteiger partial charge in [-0.05, 0) is 44.0 Å². The van der Waals surface area contributed by atoms with Crippen LogP contribution in [0.25, 0.3) is 11.4 Å². The molecule has 2 heterocycles. The first-order chi connectivity index (χ1) is 15.9. The number of aromatic nitrogens is 2. The van der Waals surface area contributed by atoms with E-state index in [-0.39, 0.29) is 29.8 Å². The van der Waals surface area contributed by atoms with Crippen molar-refractivity contribution in [3.63, 3.8) is 0 Å².